The Kier molecular flexibility index (Phi) is 13.2. The molecule has 0 aliphatic rings. The highest BCUT2D eigenvalue weighted by Gasteiger charge is 2.20. The molecule has 4 rings (SSSR count). The van der Waals surface area contributed by atoms with Crippen molar-refractivity contribution in [2.45, 2.75) is 6.54 Å². The fraction of sp³-hybridized carbons (Fsp3) is 0.111. The largest absolute Gasteiger partial charge is 0.473 e. The van der Waals surface area contributed by atoms with E-state index in [1.807, 2.05) is 12.1 Å². The Morgan fingerprint density at radius 3 is 2.29 bits per heavy atom. The number of rotatable bonds is 13. The topological polar surface area (TPSA) is 153 Å². The van der Waals surface area contributed by atoms with Gasteiger partial charge in [0.25, 0.3) is 0 Å². The Morgan fingerprint density at radius 1 is 0.905 bits per heavy atom. The highest BCUT2D eigenvalue weighted by molar-refractivity contribution is 9.10. The second kappa shape index (κ2) is 17.0. The first-order chi connectivity index (χ1) is 20.3. The van der Waals surface area contributed by atoms with Crippen LogP contribution in [-0.4, -0.2) is 52.8 Å². The van der Waals surface area contributed by atoms with Crippen LogP contribution in [-0.2, 0) is 16.8 Å². The van der Waals surface area contributed by atoms with E-state index < -0.39 is 10.2 Å². The maximum atomic E-state index is 12.8. The molecule has 0 saturated heterocycles. The van der Waals surface area contributed by atoms with Gasteiger partial charge in [0.1, 0.15) is 19.5 Å². The third kappa shape index (κ3) is 11.1. The monoisotopic (exact) mass is 716 g/mol. The van der Waals surface area contributed by atoms with E-state index in [1.165, 1.54) is 12.5 Å². The molecule has 0 aliphatic carbocycles. The van der Waals surface area contributed by atoms with E-state index in [2.05, 4.69) is 84.4 Å². The van der Waals surface area contributed by atoms with E-state index in [4.69, 9.17) is 9.47 Å². The van der Waals surface area contributed by atoms with Gasteiger partial charge in [-0.25, -0.2) is 19.9 Å². The van der Waals surface area contributed by atoms with Crippen LogP contribution in [0.5, 0.6) is 11.9 Å². The van der Waals surface area contributed by atoms with E-state index in [0.29, 0.717) is 16.8 Å². The molecule has 42 heavy (non-hydrogen) atoms. The van der Waals surface area contributed by atoms with Crippen molar-refractivity contribution in [3.8, 4) is 23.0 Å². The lowest BCUT2D eigenvalue weighted by atomic mass is 10.1. The van der Waals surface area contributed by atoms with E-state index >= 15 is 0 Å². The number of allylic oxidation sites excluding steroid dienone is 1. The lowest BCUT2D eigenvalue weighted by Crippen LogP contribution is -2.30. The van der Waals surface area contributed by atoms with Gasteiger partial charge >= 0.3 is 16.2 Å². The maximum Gasteiger partial charge on any atom is 0.316 e. The summed E-state index contributed by atoms with van der Waals surface area (Å²) in [6.07, 6.45) is 10.6. The van der Waals surface area contributed by atoms with Crippen LogP contribution in [0.25, 0.3) is 11.1 Å². The van der Waals surface area contributed by atoms with Crippen LogP contribution < -0.4 is 18.9 Å². The molecule has 2 N–H and O–H groups in total. The number of nitrogens with zero attached hydrogens (tertiary/aromatic N) is 6. The Balaban J connectivity index is 0.000000730. The molecule has 0 aliphatic heterocycles. The third-order valence-corrected chi connectivity index (χ3v) is 6.72. The predicted molar refractivity (Wildman–Crippen MR) is 168 cm³/mol. The molecule has 12 nitrogen and oxygen atoms in total. The first-order valence-corrected chi connectivity index (χ1v) is 15.1. The van der Waals surface area contributed by atoms with Gasteiger partial charge in [-0.1, -0.05) is 53.4 Å². The van der Waals surface area contributed by atoms with Crippen LogP contribution in [0.4, 0.5) is 5.82 Å². The number of benzene rings is 1. The van der Waals surface area contributed by atoms with Crippen LogP contribution >= 0.6 is 31.9 Å². The van der Waals surface area contributed by atoms with Crippen LogP contribution in [0.15, 0.2) is 107 Å². The van der Waals surface area contributed by atoms with Gasteiger partial charge in [0, 0.05) is 35.5 Å². The van der Waals surface area contributed by atoms with E-state index in [-0.39, 0.29) is 37.5 Å². The minimum absolute atomic E-state index is 0.00764. The molecule has 0 radical (unpaired) electrons. The summed E-state index contributed by atoms with van der Waals surface area (Å²) >= 11 is 6.67. The number of nitrogens with one attached hydrogen (secondary N) is 2. The van der Waals surface area contributed by atoms with Crippen molar-refractivity contribution in [3.05, 3.63) is 107 Å². The van der Waals surface area contributed by atoms with Crippen molar-refractivity contribution >= 4 is 54.1 Å². The molecule has 3 aromatic heterocycles. The molecule has 0 spiro atoms. The standard InChI is InChI=1S/C22H19Br2N7O4S.C5H7N/c23-16-6-4-15(5-7-16)19-20(31-36(32,33)30-13-18-3-1-2-8-25-18)28-14-29-21(19)34-9-10-35-22-26-11-17(24)12-27-22;1-3-5-6-4-2/h1-8,11-12,14,30H,9-10,13H2,(H,28,29,31);3-5H,1-2H2. The van der Waals surface area contributed by atoms with E-state index in [9.17, 15) is 8.42 Å². The molecule has 218 valence electrons. The molecule has 0 unspecified atom stereocenters. The molecule has 0 fully saturated rings. The van der Waals surface area contributed by atoms with Crippen molar-refractivity contribution in [3.63, 3.8) is 0 Å². The summed E-state index contributed by atoms with van der Waals surface area (Å²) in [5.74, 6) is 0.225. The summed E-state index contributed by atoms with van der Waals surface area (Å²) < 4.78 is 43.4. The number of hydrogen-bond acceptors (Lipinski definition) is 10. The Hall–Kier alpha value is -4.05. The minimum atomic E-state index is -3.99. The molecule has 0 bridgehead atoms. The van der Waals surface area contributed by atoms with E-state index in [1.54, 1.807) is 61.2 Å². The second-order valence-corrected chi connectivity index (χ2v) is 11.1. The van der Waals surface area contributed by atoms with Crippen molar-refractivity contribution in [2.24, 2.45) is 4.99 Å². The quantitative estimate of drug-likeness (QED) is 0.141. The molecule has 0 amide bonds. The number of pyridine rings is 1. The van der Waals surface area contributed by atoms with Crippen LogP contribution in [0.2, 0.25) is 0 Å². The van der Waals surface area contributed by atoms with E-state index in [0.717, 1.165) is 8.95 Å². The Morgan fingerprint density at radius 2 is 1.64 bits per heavy atom. The molecular formula is C27H26Br2N8O4S. The lowest BCUT2D eigenvalue weighted by Gasteiger charge is -2.16. The summed E-state index contributed by atoms with van der Waals surface area (Å²) in [6.45, 7) is 7.00. The maximum absolute atomic E-state index is 12.8. The molecule has 0 saturated carbocycles. The number of ether oxygens (including phenoxy) is 2. The summed E-state index contributed by atoms with van der Waals surface area (Å²) in [6, 6.07) is 12.7. The zero-order chi connectivity index (χ0) is 30.2. The Bertz CT molecular complexity index is 1560. The number of aromatic nitrogens is 5. The minimum Gasteiger partial charge on any atom is -0.473 e. The summed E-state index contributed by atoms with van der Waals surface area (Å²) in [5, 5.41) is 0. The van der Waals surface area contributed by atoms with Crippen molar-refractivity contribution < 1.29 is 17.9 Å². The predicted octanol–water partition coefficient (Wildman–Crippen LogP) is 5.14. The first kappa shape index (κ1) is 32.5. The van der Waals surface area contributed by atoms with Gasteiger partial charge in [-0.3, -0.25) is 14.7 Å². The van der Waals surface area contributed by atoms with Gasteiger partial charge in [0.15, 0.2) is 5.82 Å². The normalized spacial score (nSPS) is 10.8. The van der Waals surface area contributed by atoms with Gasteiger partial charge in [0.2, 0.25) is 5.88 Å². The number of anilines is 1. The molecule has 0 atom stereocenters. The highest BCUT2D eigenvalue weighted by atomic mass is 79.9. The zero-order valence-corrected chi connectivity index (χ0v) is 26.1. The highest BCUT2D eigenvalue weighted by Crippen LogP contribution is 2.35. The molecule has 15 heteroatoms. The van der Waals surface area contributed by atoms with Crippen LogP contribution in [0, 0.1) is 0 Å². The van der Waals surface area contributed by atoms with Gasteiger partial charge in [0.05, 0.1) is 22.3 Å². The SMILES string of the molecule is C=CC=NC=C.O=S(=O)(NCc1ccccn1)Nc1ncnc(OCCOc2ncc(Br)cn2)c1-c1ccc(Br)cc1. The average molecular weight is 718 g/mol. The second-order valence-electron chi connectivity index (χ2n) is 7.75. The van der Waals surface area contributed by atoms with Gasteiger partial charge in [-0.05, 0) is 45.8 Å². The van der Waals surface area contributed by atoms with Gasteiger partial charge < -0.3 is 9.47 Å². The van der Waals surface area contributed by atoms with Gasteiger partial charge in [-0.15, -0.1) is 0 Å². The lowest BCUT2D eigenvalue weighted by molar-refractivity contribution is 0.202. The Labute approximate surface area is 260 Å². The first-order valence-electron chi connectivity index (χ1n) is 12.1. The number of hydrogen-bond donors (Lipinski definition) is 2. The number of aliphatic imine (C=N–C) groups is 1. The summed E-state index contributed by atoms with van der Waals surface area (Å²) in [4.78, 5) is 24.2. The fourth-order valence-electron chi connectivity index (χ4n) is 3.04. The smallest absolute Gasteiger partial charge is 0.316 e. The zero-order valence-electron chi connectivity index (χ0n) is 22.1. The van der Waals surface area contributed by atoms with Crippen molar-refractivity contribution in [1.82, 2.24) is 29.6 Å². The van der Waals surface area contributed by atoms with Gasteiger partial charge in [-0.2, -0.15) is 13.1 Å². The van der Waals surface area contributed by atoms with Crippen molar-refractivity contribution in [2.75, 3.05) is 17.9 Å². The average Bonchev–Trinajstić information content (AvgIpc) is 2.99. The summed E-state index contributed by atoms with van der Waals surface area (Å²) in [7, 11) is -3.99. The molecule has 4 aromatic rings. The molecule has 1 aromatic carbocycles. The summed E-state index contributed by atoms with van der Waals surface area (Å²) in [5.41, 5.74) is 1.58. The van der Waals surface area contributed by atoms with Crippen molar-refractivity contribution in [1.29, 1.82) is 0 Å². The van der Waals surface area contributed by atoms with Crippen LogP contribution in [0.3, 0.4) is 0 Å². The molecule has 3 heterocycles. The fourth-order valence-corrected chi connectivity index (χ4v) is 4.32. The number of halogens is 2. The third-order valence-electron chi connectivity index (χ3n) is 4.79. The molecular weight excluding hydrogens is 692 g/mol. The van der Waals surface area contributed by atoms with Crippen LogP contribution in [0.1, 0.15) is 5.69 Å².